The van der Waals surface area contributed by atoms with Gasteiger partial charge >= 0.3 is 0 Å². The monoisotopic (exact) mass is 418 g/mol. The van der Waals surface area contributed by atoms with Crippen LogP contribution in [-0.2, 0) is 9.47 Å². The van der Waals surface area contributed by atoms with Crippen LogP contribution in [0.4, 0.5) is 5.69 Å². The van der Waals surface area contributed by atoms with E-state index in [4.69, 9.17) is 9.47 Å². The molecule has 0 bridgehead atoms. The Morgan fingerprint density at radius 2 is 1.90 bits per heavy atom. The number of nitrogens with zero attached hydrogens (tertiary/aromatic N) is 1. The maximum Gasteiger partial charge on any atom is 0.255 e. The van der Waals surface area contributed by atoms with Crippen molar-refractivity contribution in [3.8, 4) is 11.1 Å². The zero-order valence-electron chi connectivity index (χ0n) is 18.1. The Balaban J connectivity index is 1.30. The summed E-state index contributed by atoms with van der Waals surface area (Å²) >= 11 is 0. The van der Waals surface area contributed by atoms with E-state index >= 15 is 0 Å². The Morgan fingerprint density at radius 3 is 2.65 bits per heavy atom. The molecule has 1 N–H and O–H groups in total. The van der Waals surface area contributed by atoms with Crippen molar-refractivity contribution in [3.63, 3.8) is 0 Å². The zero-order chi connectivity index (χ0) is 21.2. The van der Waals surface area contributed by atoms with E-state index in [-0.39, 0.29) is 11.8 Å². The molecule has 5 heteroatoms. The predicted octanol–water partition coefficient (Wildman–Crippen LogP) is 5.11. The highest BCUT2D eigenvalue weighted by atomic mass is 16.7. The molecule has 2 fully saturated rings. The van der Waals surface area contributed by atoms with Crippen molar-refractivity contribution in [2.45, 2.75) is 51.2 Å². The van der Waals surface area contributed by atoms with Crippen LogP contribution in [0.25, 0.3) is 16.6 Å². The maximum atomic E-state index is 12.4. The van der Waals surface area contributed by atoms with Gasteiger partial charge in [0.1, 0.15) is 0 Å². The lowest BCUT2D eigenvalue weighted by Gasteiger charge is -2.22. The van der Waals surface area contributed by atoms with Gasteiger partial charge in [0.05, 0.1) is 12.1 Å². The minimum Gasteiger partial charge on any atom is -0.383 e. The first-order valence-corrected chi connectivity index (χ1v) is 11.4. The number of aromatic nitrogens is 1. The highest BCUT2D eigenvalue weighted by Gasteiger charge is 2.27. The summed E-state index contributed by atoms with van der Waals surface area (Å²) in [5.74, 6) is 0.595. The minimum absolute atomic E-state index is 0.0365. The number of pyridine rings is 2. The van der Waals surface area contributed by atoms with E-state index in [0.717, 1.165) is 42.8 Å². The van der Waals surface area contributed by atoms with Gasteiger partial charge in [-0.1, -0.05) is 18.2 Å². The molecule has 5 nitrogen and oxygen atoms in total. The molecule has 2 aromatic heterocycles. The third-order valence-electron chi connectivity index (χ3n) is 6.39. The lowest BCUT2D eigenvalue weighted by atomic mass is 9.97. The van der Waals surface area contributed by atoms with Gasteiger partial charge in [-0.25, -0.2) is 0 Å². The molecule has 1 saturated heterocycles. The van der Waals surface area contributed by atoms with Crippen molar-refractivity contribution in [1.82, 2.24) is 4.40 Å². The molecule has 2 aliphatic rings. The highest BCUT2D eigenvalue weighted by Crippen LogP contribution is 2.43. The molecule has 0 radical (unpaired) electrons. The Kier molecular flexibility index (Phi) is 5.79. The van der Waals surface area contributed by atoms with Crippen LogP contribution in [0.2, 0.25) is 0 Å². The second-order valence-corrected chi connectivity index (χ2v) is 8.65. The van der Waals surface area contributed by atoms with Crippen molar-refractivity contribution in [2.24, 2.45) is 0 Å². The number of rotatable bonds is 7. The largest absolute Gasteiger partial charge is 0.383 e. The van der Waals surface area contributed by atoms with Crippen LogP contribution >= 0.6 is 0 Å². The molecule has 0 spiro atoms. The summed E-state index contributed by atoms with van der Waals surface area (Å²) in [5.41, 5.74) is 7.01. The first-order valence-electron chi connectivity index (χ1n) is 11.4. The van der Waals surface area contributed by atoms with Crippen LogP contribution in [-0.4, -0.2) is 30.4 Å². The Hall–Kier alpha value is -2.63. The lowest BCUT2D eigenvalue weighted by Crippen LogP contribution is -2.24. The van der Waals surface area contributed by atoms with Gasteiger partial charge in [0.2, 0.25) is 0 Å². The smallest absolute Gasteiger partial charge is 0.255 e. The first kappa shape index (κ1) is 20.3. The van der Waals surface area contributed by atoms with Crippen LogP contribution in [0, 0.1) is 6.92 Å². The van der Waals surface area contributed by atoms with E-state index < -0.39 is 0 Å². The van der Waals surface area contributed by atoms with Gasteiger partial charge < -0.3 is 14.8 Å². The summed E-state index contributed by atoms with van der Waals surface area (Å²) < 4.78 is 13.2. The second kappa shape index (κ2) is 8.85. The summed E-state index contributed by atoms with van der Waals surface area (Å²) in [4.78, 5) is 12.4. The van der Waals surface area contributed by atoms with E-state index in [1.807, 2.05) is 12.3 Å². The number of hydrogen-bond donors (Lipinski definition) is 1. The quantitative estimate of drug-likeness (QED) is 0.542. The summed E-state index contributed by atoms with van der Waals surface area (Å²) in [6.07, 6.45) is 7.63. The maximum absolute atomic E-state index is 12.4. The Labute approximate surface area is 183 Å². The van der Waals surface area contributed by atoms with Gasteiger partial charge in [0.15, 0.2) is 6.29 Å². The average molecular weight is 419 g/mol. The number of anilines is 1. The van der Waals surface area contributed by atoms with Crippen LogP contribution < -0.4 is 10.9 Å². The summed E-state index contributed by atoms with van der Waals surface area (Å²) in [6.45, 7) is 4.33. The fourth-order valence-electron chi connectivity index (χ4n) is 4.55. The standard InChI is InChI=1S/C26H30N2O3/c1-18-22(13-15-28-24(29)12-11-23(26(18)28)20-5-6-20)19-7-9-21(10-8-19)27-14-17-31-25-4-2-3-16-30-25/h7-13,15,20,25,27H,2-6,14,16-17H2,1H3. The van der Waals surface area contributed by atoms with Crippen molar-refractivity contribution in [1.29, 1.82) is 0 Å². The number of fused-ring (bicyclic) bond motifs is 1. The summed E-state index contributed by atoms with van der Waals surface area (Å²) in [7, 11) is 0. The van der Waals surface area contributed by atoms with Crippen molar-refractivity contribution in [3.05, 3.63) is 70.1 Å². The molecule has 1 unspecified atom stereocenters. The van der Waals surface area contributed by atoms with Crippen LogP contribution in [0.3, 0.4) is 0 Å². The molecule has 3 aromatic rings. The number of hydrogen-bond acceptors (Lipinski definition) is 4. The Bertz CT molecular complexity index is 1110. The predicted molar refractivity (Wildman–Crippen MR) is 124 cm³/mol. The highest BCUT2D eigenvalue weighted by molar-refractivity contribution is 5.78. The second-order valence-electron chi connectivity index (χ2n) is 8.65. The van der Waals surface area contributed by atoms with E-state index in [2.05, 4.69) is 42.6 Å². The number of benzene rings is 1. The third kappa shape index (κ3) is 4.39. The fourth-order valence-corrected chi connectivity index (χ4v) is 4.55. The van der Waals surface area contributed by atoms with Gasteiger partial charge in [-0.05, 0) is 85.4 Å². The van der Waals surface area contributed by atoms with Crippen LogP contribution in [0.15, 0.2) is 53.5 Å². The molecule has 1 aromatic carbocycles. The Morgan fingerprint density at radius 1 is 1.06 bits per heavy atom. The van der Waals surface area contributed by atoms with Gasteiger partial charge in [0.25, 0.3) is 5.56 Å². The van der Waals surface area contributed by atoms with E-state index in [1.165, 1.54) is 36.0 Å². The molecule has 0 amide bonds. The average Bonchev–Trinajstić information content (AvgIpc) is 3.64. The minimum atomic E-state index is -0.0400. The van der Waals surface area contributed by atoms with E-state index in [1.54, 1.807) is 10.5 Å². The summed E-state index contributed by atoms with van der Waals surface area (Å²) in [5, 5.41) is 3.42. The topological polar surface area (TPSA) is 52.0 Å². The van der Waals surface area contributed by atoms with Gasteiger partial charge in [-0.3, -0.25) is 9.20 Å². The first-order chi connectivity index (χ1) is 15.2. The third-order valence-corrected chi connectivity index (χ3v) is 6.39. The van der Waals surface area contributed by atoms with E-state index in [9.17, 15) is 4.79 Å². The van der Waals surface area contributed by atoms with Gasteiger partial charge in [0, 0.05) is 31.1 Å². The SMILES string of the molecule is Cc1c(-c2ccc(NCCOC3CCCCO3)cc2)ccn2c(=O)ccc(C3CC3)c12. The molecule has 1 atom stereocenters. The molecular formula is C26H30N2O3. The fraction of sp³-hybridized carbons (Fsp3) is 0.423. The summed E-state index contributed by atoms with van der Waals surface area (Å²) in [6, 6.07) is 14.3. The molecule has 1 saturated carbocycles. The molecule has 31 heavy (non-hydrogen) atoms. The molecule has 1 aliphatic carbocycles. The lowest BCUT2D eigenvalue weighted by molar-refractivity contribution is -0.159. The van der Waals surface area contributed by atoms with E-state index in [0.29, 0.717) is 12.5 Å². The molecule has 5 rings (SSSR count). The van der Waals surface area contributed by atoms with Crippen molar-refractivity contribution >= 4 is 11.2 Å². The normalized spacial score (nSPS) is 18.9. The van der Waals surface area contributed by atoms with Crippen molar-refractivity contribution < 1.29 is 9.47 Å². The van der Waals surface area contributed by atoms with Crippen molar-refractivity contribution in [2.75, 3.05) is 25.1 Å². The molecule has 1 aliphatic heterocycles. The number of ether oxygens (including phenoxy) is 2. The molecular weight excluding hydrogens is 388 g/mol. The van der Waals surface area contributed by atoms with Crippen LogP contribution in [0.1, 0.15) is 49.1 Å². The molecule has 162 valence electrons. The number of nitrogens with one attached hydrogen (secondary N) is 1. The zero-order valence-corrected chi connectivity index (χ0v) is 18.1. The van der Waals surface area contributed by atoms with Crippen LogP contribution in [0.5, 0.6) is 0 Å². The molecule has 3 heterocycles. The number of aryl methyl sites for hydroxylation is 1. The van der Waals surface area contributed by atoms with Gasteiger partial charge in [-0.2, -0.15) is 0 Å². The van der Waals surface area contributed by atoms with Gasteiger partial charge in [-0.15, -0.1) is 0 Å².